The molecule has 0 saturated heterocycles. The Morgan fingerprint density at radius 2 is 2.00 bits per heavy atom. The van der Waals surface area contributed by atoms with E-state index in [4.69, 9.17) is 5.11 Å². The van der Waals surface area contributed by atoms with E-state index < -0.39 is 53.0 Å². The fourth-order valence-electron chi connectivity index (χ4n) is 1.22. The Bertz CT molecular complexity index is 563. The molecule has 20 heavy (non-hydrogen) atoms. The van der Waals surface area contributed by atoms with E-state index in [1.165, 1.54) is 0 Å². The number of ether oxygens (including phenoxy) is 1. The van der Waals surface area contributed by atoms with Crippen LogP contribution in [0.4, 0.5) is 20.2 Å². The van der Waals surface area contributed by atoms with Gasteiger partial charge in [0.25, 0.3) is 11.6 Å². The van der Waals surface area contributed by atoms with Gasteiger partial charge < -0.3 is 15.2 Å². The SMILES string of the molecule is O=C(O)COCC(=O)Nc1c([N+](=O)[O-])ccc(F)c1F. The van der Waals surface area contributed by atoms with Crippen LogP contribution < -0.4 is 5.32 Å². The molecule has 0 aliphatic heterocycles. The molecule has 1 aromatic carbocycles. The number of anilines is 1. The van der Waals surface area contributed by atoms with Gasteiger partial charge in [0.15, 0.2) is 17.3 Å². The fourth-order valence-corrected chi connectivity index (χ4v) is 1.22. The summed E-state index contributed by atoms with van der Waals surface area (Å²) in [4.78, 5) is 31.0. The molecular weight excluding hydrogens is 282 g/mol. The van der Waals surface area contributed by atoms with E-state index in [0.717, 1.165) is 0 Å². The van der Waals surface area contributed by atoms with Crippen LogP contribution in [-0.2, 0) is 14.3 Å². The molecule has 0 saturated carbocycles. The Labute approximate surface area is 110 Å². The number of nitro benzene ring substituents is 1. The van der Waals surface area contributed by atoms with Crippen molar-refractivity contribution in [1.29, 1.82) is 0 Å². The number of nitro groups is 1. The topological polar surface area (TPSA) is 119 Å². The third kappa shape index (κ3) is 3.95. The average Bonchev–Trinajstić information content (AvgIpc) is 2.34. The molecule has 1 aromatic rings. The monoisotopic (exact) mass is 290 g/mol. The minimum absolute atomic E-state index is 0.546. The summed E-state index contributed by atoms with van der Waals surface area (Å²) in [7, 11) is 0. The first-order valence-corrected chi connectivity index (χ1v) is 5.04. The summed E-state index contributed by atoms with van der Waals surface area (Å²) in [5.41, 5.74) is -1.78. The molecule has 1 amide bonds. The predicted octanol–water partition coefficient (Wildman–Crippen LogP) is 0.913. The number of aliphatic carboxylic acids is 1. The maximum atomic E-state index is 13.4. The summed E-state index contributed by atoms with van der Waals surface area (Å²) in [5.74, 6) is -5.36. The zero-order valence-electron chi connectivity index (χ0n) is 9.76. The average molecular weight is 290 g/mol. The number of halogens is 2. The summed E-state index contributed by atoms with van der Waals surface area (Å²) in [6.45, 7) is -1.56. The maximum absolute atomic E-state index is 13.4. The van der Waals surface area contributed by atoms with Crippen molar-refractivity contribution in [2.75, 3.05) is 18.5 Å². The van der Waals surface area contributed by atoms with Crippen molar-refractivity contribution in [3.63, 3.8) is 0 Å². The number of rotatable bonds is 6. The van der Waals surface area contributed by atoms with Crippen LogP contribution in [0.2, 0.25) is 0 Å². The Hall–Kier alpha value is -2.62. The molecule has 0 atom stereocenters. The molecule has 108 valence electrons. The van der Waals surface area contributed by atoms with Crippen molar-refractivity contribution in [3.8, 4) is 0 Å². The highest BCUT2D eigenvalue weighted by Gasteiger charge is 2.23. The molecule has 0 radical (unpaired) electrons. The van der Waals surface area contributed by atoms with E-state index in [9.17, 15) is 28.5 Å². The van der Waals surface area contributed by atoms with Gasteiger partial charge in [0.1, 0.15) is 13.2 Å². The van der Waals surface area contributed by atoms with Crippen molar-refractivity contribution in [3.05, 3.63) is 33.9 Å². The van der Waals surface area contributed by atoms with E-state index in [2.05, 4.69) is 4.74 Å². The molecule has 0 spiro atoms. The third-order valence-electron chi connectivity index (χ3n) is 1.99. The molecule has 0 aliphatic rings. The van der Waals surface area contributed by atoms with Crippen LogP contribution in [0.3, 0.4) is 0 Å². The number of nitrogens with zero attached hydrogens (tertiary/aromatic N) is 1. The summed E-state index contributed by atoms with van der Waals surface area (Å²) >= 11 is 0. The number of carboxylic acid groups (broad SMARTS) is 1. The van der Waals surface area contributed by atoms with E-state index in [1.54, 1.807) is 5.32 Å². The summed E-state index contributed by atoms with van der Waals surface area (Å²) in [5, 5.41) is 20.6. The van der Waals surface area contributed by atoms with Crippen LogP contribution in [0.25, 0.3) is 0 Å². The lowest BCUT2D eigenvalue weighted by Crippen LogP contribution is -2.22. The standard InChI is InChI=1S/C10H8F2N2O6/c11-5-1-2-6(14(18)19)10(9(5)12)13-7(15)3-20-4-8(16)17/h1-2H,3-4H2,(H,13,15)(H,16,17). The normalized spacial score (nSPS) is 10.1. The zero-order valence-corrected chi connectivity index (χ0v) is 9.76. The van der Waals surface area contributed by atoms with Gasteiger partial charge in [-0.05, 0) is 6.07 Å². The minimum Gasteiger partial charge on any atom is -0.480 e. The Morgan fingerprint density at radius 1 is 1.35 bits per heavy atom. The molecule has 10 heteroatoms. The number of carbonyl (C=O) groups is 2. The molecule has 0 heterocycles. The second-order valence-electron chi connectivity index (χ2n) is 3.45. The van der Waals surface area contributed by atoms with Crippen LogP contribution in [0.15, 0.2) is 12.1 Å². The lowest BCUT2D eigenvalue weighted by molar-refractivity contribution is -0.384. The van der Waals surface area contributed by atoms with Gasteiger partial charge >= 0.3 is 5.97 Å². The van der Waals surface area contributed by atoms with Gasteiger partial charge in [-0.3, -0.25) is 14.9 Å². The van der Waals surface area contributed by atoms with Gasteiger partial charge in [0, 0.05) is 6.07 Å². The first-order valence-electron chi connectivity index (χ1n) is 5.04. The van der Waals surface area contributed by atoms with Gasteiger partial charge in [0.2, 0.25) is 0 Å². The molecule has 2 N–H and O–H groups in total. The van der Waals surface area contributed by atoms with Crippen LogP contribution >= 0.6 is 0 Å². The number of nitrogens with one attached hydrogen (secondary N) is 1. The lowest BCUT2D eigenvalue weighted by Gasteiger charge is -2.07. The first-order chi connectivity index (χ1) is 9.32. The third-order valence-corrected chi connectivity index (χ3v) is 1.99. The zero-order chi connectivity index (χ0) is 15.3. The highest BCUT2D eigenvalue weighted by atomic mass is 19.2. The van der Waals surface area contributed by atoms with Gasteiger partial charge in [-0.25, -0.2) is 13.6 Å². The van der Waals surface area contributed by atoms with Gasteiger partial charge in [-0.1, -0.05) is 0 Å². The van der Waals surface area contributed by atoms with Crippen molar-refractivity contribution < 1.29 is 33.1 Å². The quantitative estimate of drug-likeness (QED) is 0.593. The largest absolute Gasteiger partial charge is 0.480 e. The Morgan fingerprint density at radius 3 is 2.55 bits per heavy atom. The second-order valence-corrected chi connectivity index (χ2v) is 3.45. The van der Waals surface area contributed by atoms with E-state index in [0.29, 0.717) is 12.1 Å². The van der Waals surface area contributed by atoms with Crippen LogP contribution in [0.1, 0.15) is 0 Å². The number of hydrogen-bond donors (Lipinski definition) is 2. The number of carboxylic acids is 1. The molecule has 1 rings (SSSR count). The first kappa shape index (κ1) is 15.4. The summed E-state index contributed by atoms with van der Waals surface area (Å²) < 4.78 is 30.8. The fraction of sp³-hybridized carbons (Fsp3) is 0.200. The van der Waals surface area contributed by atoms with E-state index in [-0.39, 0.29) is 0 Å². The number of amides is 1. The Kier molecular flexibility index (Phi) is 5.03. The van der Waals surface area contributed by atoms with E-state index in [1.807, 2.05) is 0 Å². The maximum Gasteiger partial charge on any atom is 0.329 e. The second kappa shape index (κ2) is 6.52. The number of hydrogen-bond acceptors (Lipinski definition) is 5. The summed E-state index contributed by atoms with van der Waals surface area (Å²) in [6.07, 6.45) is 0. The molecule has 0 fully saturated rings. The molecule has 0 aromatic heterocycles. The minimum atomic E-state index is -1.59. The molecule has 0 aliphatic carbocycles. The highest BCUT2D eigenvalue weighted by Crippen LogP contribution is 2.28. The number of carbonyl (C=O) groups excluding carboxylic acids is 1. The van der Waals surface area contributed by atoms with Crippen molar-refractivity contribution in [2.24, 2.45) is 0 Å². The Balaban J connectivity index is 2.85. The van der Waals surface area contributed by atoms with Gasteiger partial charge in [0.05, 0.1) is 4.92 Å². The molecule has 8 nitrogen and oxygen atoms in total. The van der Waals surface area contributed by atoms with Crippen LogP contribution in [-0.4, -0.2) is 35.1 Å². The molecular formula is C10H8F2N2O6. The van der Waals surface area contributed by atoms with Crippen molar-refractivity contribution in [1.82, 2.24) is 0 Å². The van der Waals surface area contributed by atoms with Crippen LogP contribution in [0, 0.1) is 21.7 Å². The molecule has 0 unspecified atom stereocenters. The molecule has 0 bridgehead atoms. The van der Waals surface area contributed by atoms with Crippen LogP contribution in [0.5, 0.6) is 0 Å². The van der Waals surface area contributed by atoms with Crippen molar-refractivity contribution in [2.45, 2.75) is 0 Å². The van der Waals surface area contributed by atoms with Gasteiger partial charge in [-0.15, -0.1) is 0 Å². The van der Waals surface area contributed by atoms with Crippen molar-refractivity contribution >= 4 is 23.3 Å². The smallest absolute Gasteiger partial charge is 0.329 e. The predicted molar refractivity (Wildman–Crippen MR) is 60.1 cm³/mol. The lowest BCUT2D eigenvalue weighted by atomic mass is 10.2. The highest BCUT2D eigenvalue weighted by molar-refractivity contribution is 5.94. The van der Waals surface area contributed by atoms with Gasteiger partial charge in [-0.2, -0.15) is 0 Å². The summed E-state index contributed by atoms with van der Waals surface area (Å²) in [6, 6.07) is 1.23. The van der Waals surface area contributed by atoms with E-state index >= 15 is 0 Å². The number of benzene rings is 1.